The molecule has 1 aromatic rings. The molecule has 0 radical (unpaired) electrons. The molecule has 1 N–H and O–H groups in total. The fourth-order valence-corrected chi connectivity index (χ4v) is 2.64. The van der Waals surface area contributed by atoms with Gasteiger partial charge in [0.1, 0.15) is 0 Å². The summed E-state index contributed by atoms with van der Waals surface area (Å²) in [5, 5.41) is 3.67. The van der Waals surface area contributed by atoms with Gasteiger partial charge < -0.3 is 10.1 Å². The highest BCUT2D eigenvalue weighted by Gasteiger charge is 2.24. The average molecular weight is 233 g/mol. The Kier molecular flexibility index (Phi) is 4.06. The van der Waals surface area contributed by atoms with Crippen molar-refractivity contribution in [3.8, 4) is 0 Å². The number of nitrogens with one attached hydrogen (secondary N) is 1. The summed E-state index contributed by atoms with van der Waals surface area (Å²) in [5.41, 5.74) is 3.89. The van der Waals surface area contributed by atoms with Crippen LogP contribution in [0.25, 0.3) is 0 Å². The molecule has 1 aliphatic carbocycles. The quantitative estimate of drug-likeness (QED) is 0.860. The maximum atomic E-state index is 5.58. The average Bonchev–Trinajstić information content (AvgIpc) is 2.34. The van der Waals surface area contributed by atoms with Crippen molar-refractivity contribution >= 4 is 5.69 Å². The first-order chi connectivity index (χ1) is 8.20. The number of anilines is 1. The second-order valence-corrected chi connectivity index (χ2v) is 5.13. The van der Waals surface area contributed by atoms with E-state index in [1.807, 2.05) is 7.11 Å². The molecule has 1 aliphatic rings. The van der Waals surface area contributed by atoms with E-state index in [0.29, 0.717) is 12.1 Å². The molecular formula is C15H23NO. The van der Waals surface area contributed by atoms with Crippen molar-refractivity contribution in [1.82, 2.24) is 0 Å². The summed E-state index contributed by atoms with van der Waals surface area (Å²) >= 11 is 0. The van der Waals surface area contributed by atoms with E-state index >= 15 is 0 Å². The highest BCUT2D eigenvalue weighted by molar-refractivity contribution is 5.53. The monoisotopic (exact) mass is 233 g/mol. The van der Waals surface area contributed by atoms with Crippen LogP contribution in [0.3, 0.4) is 0 Å². The fraction of sp³-hybridized carbons (Fsp3) is 0.600. The van der Waals surface area contributed by atoms with E-state index in [4.69, 9.17) is 4.74 Å². The molecule has 2 atom stereocenters. The van der Waals surface area contributed by atoms with Crippen LogP contribution in [0.5, 0.6) is 0 Å². The van der Waals surface area contributed by atoms with Gasteiger partial charge in [0.15, 0.2) is 0 Å². The maximum absolute atomic E-state index is 5.58. The lowest BCUT2D eigenvalue weighted by molar-refractivity contribution is 0.0606. The molecule has 1 aromatic carbocycles. The lowest BCUT2D eigenvalue weighted by Crippen LogP contribution is -2.37. The van der Waals surface area contributed by atoms with Crippen LogP contribution in [0.1, 0.15) is 36.8 Å². The third-order valence-electron chi connectivity index (χ3n) is 3.74. The van der Waals surface area contributed by atoms with Gasteiger partial charge in [-0.3, -0.25) is 0 Å². The highest BCUT2D eigenvalue weighted by atomic mass is 16.5. The SMILES string of the molecule is CO[C@H]1CCCC[C@H]1Nc1cc(C)ccc1C. The minimum Gasteiger partial charge on any atom is -0.379 e. The van der Waals surface area contributed by atoms with Crippen LogP contribution >= 0.6 is 0 Å². The zero-order valence-corrected chi connectivity index (χ0v) is 11.1. The van der Waals surface area contributed by atoms with E-state index in [-0.39, 0.29) is 0 Å². The lowest BCUT2D eigenvalue weighted by atomic mass is 9.92. The van der Waals surface area contributed by atoms with Crippen molar-refractivity contribution in [2.24, 2.45) is 0 Å². The van der Waals surface area contributed by atoms with E-state index in [9.17, 15) is 0 Å². The summed E-state index contributed by atoms with van der Waals surface area (Å²) < 4.78 is 5.58. The molecule has 1 fully saturated rings. The molecule has 2 heteroatoms. The number of benzene rings is 1. The van der Waals surface area contributed by atoms with Crippen LogP contribution in [0.4, 0.5) is 5.69 Å². The Bertz CT molecular complexity index is 375. The molecule has 0 aliphatic heterocycles. The number of hydrogen-bond acceptors (Lipinski definition) is 2. The number of ether oxygens (including phenoxy) is 1. The first-order valence-electron chi connectivity index (χ1n) is 6.57. The van der Waals surface area contributed by atoms with Crippen LogP contribution in [0, 0.1) is 13.8 Å². The second kappa shape index (κ2) is 5.54. The zero-order valence-electron chi connectivity index (χ0n) is 11.1. The van der Waals surface area contributed by atoms with Gasteiger partial charge in [0.2, 0.25) is 0 Å². The van der Waals surface area contributed by atoms with Crippen molar-refractivity contribution in [1.29, 1.82) is 0 Å². The van der Waals surface area contributed by atoms with Crippen LogP contribution in [-0.2, 0) is 4.74 Å². The van der Waals surface area contributed by atoms with Crippen molar-refractivity contribution in [2.75, 3.05) is 12.4 Å². The molecule has 94 valence electrons. The molecule has 0 amide bonds. The Hall–Kier alpha value is -1.02. The molecule has 1 saturated carbocycles. The van der Waals surface area contributed by atoms with Gasteiger partial charge in [-0.15, -0.1) is 0 Å². The summed E-state index contributed by atoms with van der Waals surface area (Å²) in [6.45, 7) is 4.30. The molecule has 0 bridgehead atoms. The van der Waals surface area contributed by atoms with Gasteiger partial charge >= 0.3 is 0 Å². The van der Waals surface area contributed by atoms with Crippen LogP contribution in [0.15, 0.2) is 18.2 Å². The smallest absolute Gasteiger partial charge is 0.0772 e. The van der Waals surface area contributed by atoms with Gasteiger partial charge in [0.05, 0.1) is 12.1 Å². The fourth-order valence-electron chi connectivity index (χ4n) is 2.64. The molecular weight excluding hydrogens is 210 g/mol. The topological polar surface area (TPSA) is 21.3 Å². The predicted octanol–water partition coefficient (Wildman–Crippen LogP) is 3.67. The summed E-state index contributed by atoms with van der Waals surface area (Å²) in [5.74, 6) is 0. The van der Waals surface area contributed by atoms with Gasteiger partial charge in [0, 0.05) is 12.8 Å². The van der Waals surface area contributed by atoms with Gasteiger partial charge in [0.25, 0.3) is 0 Å². The summed E-state index contributed by atoms with van der Waals surface area (Å²) in [4.78, 5) is 0. The van der Waals surface area contributed by atoms with Gasteiger partial charge in [-0.2, -0.15) is 0 Å². The zero-order chi connectivity index (χ0) is 12.3. The minimum absolute atomic E-state index is 0.365. The van der Waals surface area contributed by atoms with Crippen molar-refractivity contribution in [3.05, 3.63) is 29.3 Å². The first-order valence-corrected chi connectivity index (χ1v) is 6.57. The standard InChI is InChI=1S/C15H23NO/c1-11-8-9-12(2)14(10-11)16-13-6-4-5-7-15(13)17-3/h8-10,13,15-16H,4-7H2,1-3H3/t13-,15+/m1/s1. The number of aryl methyl sites for hydroxylation is 2. The van der Waals surface area contributed by atoms with E-state index in [1.165, 1.54) is 42.5 Å². The first kappa shape index (κ1) is 12.4. The molecule has 2 rings (SSSR count). The number of rotatable bonds is 3. The van der Waals surface area contributed by atoms with Crippen molar-refractivity contribution in [3.63, 3.8) is 0 Å². The Morgan fingerprint density at radius 2 is 1.94 bits per heavy atom. The van der Waals surface area contributed by atoms with Gasteiger partial charge in [-0.1, -0.05) is 25.0 Å². The third kappa shape index (κ3) is 3.01. The van der Waals surface area contributed by atoms with Gasteiger partial charge in [-0.05, 0) is 43.9 Å². The summed E-state index contributed by atoms with van der Waals surface area (Å²) in [6.07, 6.45) is 5.36. The predicted molar refractivity (Wildman–Crippen MR) is 72.6 cm³/mol. The summed E-state index contributed by atoms with van der Waals surface area (Å²) in [7, 11) is 1.83. The van der Waals surface area contributed by atoms with Crippen LogP contribution in [0.2, 0.25) is 0 Å². The Labute approximate surface area is 104 Å². The van der Waals surface area contributed by atoms with Crippen LogP contribution < -0.4 is 5.32 Å². The van der Waals surface area contributed by atoms with Crippen LogP contribution in [-0.4, -0.2) is 19.3 Å². The normalized spacial score (nSPS) is 24.6. The molecule has 2 nitrogen and oxygen atoms in total. The Morgan fingerprint density at radius 3 is 2.71 bits per heavy atom. The van der Waals surface area contributed by atoms with E-state index in [1.54, 1.807) is 0 Å². The molecule has 0 heterocycles. The molecule has 0 unspecified atom stereocenters. The number of hydrogen-bond donors (Lipinski definition) is 1. The lowest BCUT2D eigenvalue weighted by Gasteiger charge is -2.32. The molecule has 0 aromatic heterocycles. The largest absolute Gasteiger partial charge is 0.379 e. The van der Waals surface area contributed by atoms with Crippen molar-refractivity contribution < 1.29 is 4.74 Å². The molecule has 0 saturated heterocycles. The van der Waals surface area contributed by atoms with Gasteiger partial charge in [-0.25, -0.2) is 0 Å². The highest BCUT2D eigenvalue weighted by Crippen LogP contribution is 2.26. The molecule has 0 spiro atoms. The maximum Gasteiger partial charge on any atom is 0.0772 e. The van der Waals surface area contributed by atoms with E-state index in [0.717, 1.165) is 0 Å². The minimum atomic E-state index is 0.365. The number of methoxy groups -OCH3 is 1. The summed E-state index contributed by atoms with van der Waals surface area (Å²) in [6, 6.07) is 7.04. The van der Waals surface area contributed by atoms with E-state index < -0.39 is 0 Å². The Morgan fingerprint density at radius 1 is 1.18 bits per heavy atom. The second-order valence-electron chi connectivity index (χ2n) is 5.13. The van der Waals surface area contributed by atoms with E-state index in [2.05, 4.69) is 37.4 Å². The third-order valence-corrected chi connectivity index (χ3v) is 3.74. The van der Waals surface area contributed by atoms with Crippen molar-refractivity contribution in [2.45, 2.75) is 51.7 Å². The molecule has 17 heavy (non-hydrogen) atoms. The Balaban J connectivity index is 2.10.